The summed E-state index contributed by atoms with van der Waals surface area (Å²) in [5.41, 5.74) is 1.10. The van der Waals surface area contributed by atoms with Gasteiger partial charge in [0.1, 0.15) is 4.90 Å². The van der Waals surface area contributed by atoms with E-state index >= 15 is 0 Å². The molecule has 0 aromatic carbocycles. The highest BCUT2D eigenvalue weighted by molar-refractivity contribution is 7.89. The van der Waals surface area contributed by atoms with E-state index in [0.29, 0.717) is 24.0 Å². The molecule has 0 atom stereocenters. The first kappa shape index (κ1) is 15.1. The van der Waals surface area contributed by atoms with Crippen LogP contribution in [0, 0.1) is 0 Å². The molecule has 0 radical (unpaired) electrons. The van der Waals surface area contributed by atoms with Crippen molar-refractivity contribution in [3.63, 3.8) is 0 Å². The molecule has 1 aromatic rings. The maximum absolute atomic E-state index is 12.7. The van der Waals surface area contributed by atoms with Crippen LogP contribution in [0.3, 0.4) is 0 Å². The van der Waals surface area contributed by atoms with Gasteiger partial charge >= 0.3 is 0 Å². The highest BCUT2D eigenvalue weighted by Crippen LogP contribution is 2.37. The molecule has 1 N–H and O–H groups in total. The third kappa shape index (κ3) is 3.17. The number of sulfonamides is 1. The van der Waals surface area contributed by atoms with Crippen LogP contribution in [0.15, 0.2) is 17.2 Å². The molecular weight excluding hydrogens is 286 g/mol. The maximum Gasteiger partial charge on any atom is 0.244 e. The molecule has 0 bridgehead atoms. The van der Waals surface area contributed by atoms with Gasteiger partial charge in [0, 0.05) is 37.6 Å². The summed E-state index contributed by atoms with van der Waals surface area (Å²) in [5.74, 6) is 0. The lowest BCUT2D eigenvalue weighted by atomic mass is 10.4. The van der Waals surface area contributed by atoms with E-state index in [9.17, 15) is 8.42 Å². The average molecular weight is 311 g/mol. The standard InChI is InChI=1S/C15H25N3O2S/c1-2-7-16-11-14-10-15(12-18(14)13-5-6-13)21(19,20)17-8-3-4-9-17/h10,12-13,16H,2-9,11H2,1H3. The Morgan fingerprint density at radius 3 is 2.62 bits per heavy atom. The summed E-state index contributed by atoms with van der Waals surface area (Å²) in [6.45, 7) is 5.18. The monoisotopic (exact) mass is 311 g/mol. The SMILES string of the molecule is CCCNCc1cc(S(=O)(=O)N2CCCC2)cn1C1CC1. The van der Waals surface area contributed by atoms with Crippen molar-refractivity contribution in [3.8, 4) is 0 Å². The summed E-state index contributed by atoms with van der Waals surface area (Å²) in [5, 5.41) is 3.38. The zero-order valence-corrected chi connectivity index (χ0v) is 13.5. The van der Waals surface area contributed by atoms with E-state index in [1.54, 1.807) is 4.31 Å². The highest BCUT2D eigenvalue weighted by atomic mass is 32.2. The quantitative estimate of drug-likeness (QED) is 0.785. The second-order valence-corrected chi connectivity index (χ2v) is 8.03. The van der Waals surface area contributed by atoms with Gasteiger partial charge in [-0.1, -0.05) is 6.92 Å². The molecule has 3 rings (SSSR count). The summed E-state index contributed by atoms with van der Waals surface area (Å²) >= 11 is 0. The minimum atomic E-state index is -3.29. The highest BCUT2D eigenvalue weighted by Gasteiger charge is 2.31. The molecular formula is C15H25N3O2S. The molecule has 21 heavy (non-hydrogen) atoms. The Morgan fingerprint density at radius 2 is 2.00 bits per heavy atom. The molecule has 5 nitrogen and oxygen atoms in total. The fourth-order valence-corrected chi connectivity index (χ4v) is 4.51. The van der Waals surface area contributed by atoms with Crippen LogP contribution in [0.5, 0.6) is 0 Å². The van der Waals surface area contributed by atoms with Gasteiger partial charge in [0.05, 0.1) is 0 Å². The first-order chi connectivity index (χ1) is 10.1. The second kappa shape index (κ2) is 6.10. The molecule has 2 fully saturated rings. The molecule has 2 heterocycles. The van der Waals surface area contributed by atoms with E-state index in [2.05, 4.69) is 16.8 Å². The minimum absolute atomic E-state index is 0.476. The smallest absolute Gasteiger partial charge is 0.244 e. The third-order valence-corrected chi connectivity index (χ3v) is 6.15. The zero-order valence-electron chi connectivity index (χ0n) is 12.7. The number of aromatic nitrogens is 1. The first-order valence-electron chi connectivity index (χ1n) is 8.04. The van der Waals surface area contributed by atoms with E-state index in [4.69, 9.17) is 0 Å². The van der Waals surface area contributed by atoms with E-state index in [1.807, 2.05) is 12.3 Å². The predicted molar refractivity (Wildman–Crippen MR) is 82.7 cm³/mol. The Hall–Kier alpha value is -0.850. The maximum atomic E-state index is 12.7. The second-order valence-electron chi connectivity index (χ2n) is 6.09. The van der Waals surface area contributed by atoms with Crippen molar-refractivity contribution < 1.29 is 8.42 Å². The van der Waals surface area contributed by atoms with Crippen LogP contribution in [0.4, 0.5) is 0 Å². The normalized spacial score (nSPS) is 20.2. The van der Waals surface area contributed by atoms with Crippen LogP contribution >= 0.6 is 0 Å². The van der Waals surface area contributed by atoms with Crippen molar-refractivity contribution in [2.24, 2.45) is 0 Å². The molecule has 1 saturated heterocycles. The number of hydrogen-bond donors (Lipinski definition) is 1. The molecule has 1 aliphatic carbocycles. The van der Waals surface area contributed by atoms with Gasteiger partial charge in [0.2, 0.25) is 10.0 Å². The lowest BCUT2D eigenvalue weighted by Crippen LogP contribution is -2.27. The van der Waals surface area contributed by atoms with E-state index in [-0.39, 0.29) is 0 Å². The zero-order chi connectivity index (χ0) is 14.9. The summed E-state index contributed by atoms with van der Waals surface area (Å²) in [7, 11) is -3.29. The van der Waals surface area contributed by atoms with Gasteiger partial charge in [0.25, 0.3) is 0 Å². The Morgan fingerprint density at radius 1 is 1.29 bits per heavy atom. The molecule has 118 valence electrons. The first-order valence-corrected chi connectivity index (χ1v) is 9.48. The minimum Gasteiger partial charge on any atom is -0.346 e. The fraction of sp³-hybridized carbons (Fsp3) is 0.733. The Labute approximate surface area is 127 Å². The average Bonchev–Trinajstić information content (AvgIpc) is 3.00. The number of nitrogens with one attached hydrogen (secondary N) is 1. The van der Waals surface area contributed by atoms with Crippen LogP contribution in [0.2, 0.25) is 0 Å². The van der Waals surface area contributed by atoms with Gasteiger partial charge in [-0.2, -0.15) is 4.31 Å². The molecule has 0 unspecified atom stereocenters. The van der Waals surface area contributed by atoms with Crippen molar-refractivity contribution in [2.45, 2.75) is 56.5 Å². The molecule has 0 spiro atoms. The van der Waals surface area contributed by atoms with Gasteiger partial charge in [0.15, 0.2) is 0 Å². The van der Waals surface area contributed by atoms with Gasteiger partial charge in [-0.05, 0) is 44.7 Å². The number of nitrogens with zero attached hydrogens (tertiary/aromatic N) is 2. The lowest BCUT2D eigenvalue weighted by Gasteiger charge is -2.13. The number of rotatable bonds is 7. The Balaban J connectivity index is 1.83. The number of hydrogen-bond acceptors (Lipinski definition) is 3. The Kier molecular flexibility index (Phi) is 4.38. The lowest BCUT2D eigenvalue weighted by molar-refractivity contribution is 0.477. The summed E-state index contributed by atoms with van der Waals surface area (Å²) in [6, 6.07) is 2.38. The summed E-state index contributed by atoms with van der Waals surface area (Å²) < 4.78 is 29.1. The topological polar surface area (TPSA) is 54.3 Å². The fourth-order valence-electron chi connectivity index (χ4n) is 2.94. The molecule has 6 heteroatoms. The molecule has 2 aliphatic rings. The molecule has 0 amide bonds. The molecule has 1 saturated carbocycles. The van der Waals surface area contributed by atoms with Crippen LogP contribution in [-0.4, -0.2) is 36.9 Å². The van der Waals surface area contributed by atoms with Crippen molar-refractivity contribution >= 4 is 10.0 Å². The summed E-state index contributed by atoms with van der Waals surface area (Å²) in [4.78, 5) is 0.476. The summed E-state index contributed by atoms with van der Waals surface area (Å²) in [6.07, 6.45) is 7.23. The largest absolute Gasteiger partial charge is 0.346 e. The van der Waals surface area contributed by atoms with Crippen LogP contribution in [-0.2, 0) is 16.6 Å². The van der Waals surface area contributed by atoms with E-state index < -0.39 is 10.0 Å². The molecule has 1 aromatic heterocycles. The van der Waals surface area contributed by atoms with Gasteiger partial charge in [-0.25, -0.2) is 8.42 Å². The van der Waals surface area contributed by atoms with Crippen LogP contribution < -0.4 is 5.32 Å². The van der Waals surface area contributed by atoms with Crippen LogP contribution in [0.25, 0.3) is 0 Å². The van der Waals surface area contributed by atoms with E-state index in [0.717, 1.165) is 38.0 Å². The van der Waals surface area contributed by atoms with Gasteiger partial charge in [-0.3, -0.25) is 0 Å². The third-order valence-electron chi connectivity index (χ3n) is 4.28. The van der Waals surface area contributed by atoms with Crippen molar-refractivity contribution in [1.82, 2.24) is 14.2 Å². The van der Waals surface area contributed by atoms with Crippen molar-refractivity contribution in [1.29, 1.82) is 0 Å². The Bertz CT molecular complexity index is 584. The van der Waals surface area contributed by atoms with Gasteiger partial charge < -0.3 is 9.88 Å². The molecule has 1 aliphatic heterocycles. The van der Waals surface area contributed by atoms with Crippen molar-refractivity contribution in [3.05, 3.63) is 18.0 Å². The predicted octanol–water partition coefficient (Wildman–Crippen LogP) is 2.11. The van der Waals surface area contributed by atoms with E-state index in [1.165, 1.54) is 12.8 Å². The van der Waals surface area contributed by atoms with Crippen LogP contribution in [0.1, 0.15) is 50.8 Å². The van der Waals surface area contributed by atoms with Crippen molar-refractivity contribution in [2.75, 3.05) is 19.6 Å². The van der Waals surface area contributed by atoms with Gasteiger partial charge in [-0.15, -0.1) is 0 Å².